The Bertz CT molecular complexity index is 688. The third kappa shape index (κ3) is 2.59. The van der Waals surface area contributed by atoms with Gasteiger partial charge in [-0.3, -0.25) is 4.79 Å². The van der Waals surface area contributed by atoms with Crippen molar-refractivity contribution in [2.24, 2.45) is 5.92 Å². The fourth-order valence-electron chi connectivity index (χ4n) is 2.46. The van der Waals surface area contributed by atoms with Crippen LogP contribution in [0.25, 0.3) is 0 Å². The van der Waals surface area contributed by atoms with E-state index in [1.807, 2.05) is 30.3 Å². The Morgan fingerprint density at radius 1 is 1.14 bits per heavy atom. The number of anilines is 2. The van der Waals surface area contributed by atoms with Gasteiger partial charge in [-0.15, -0.1) is 0 Å². The van der Waals surface area contributed by atoms with Gasteiger partial charge in [0.2, 0.25) is 5.91 Å². The molecule has 1 amide bonds. The lowest BCUT2D eigenvalue weighted by atomic mass is 10.1. The molecule has 3 nitrogen and oxygen atoms in total. The first-order valence-corrected chi connectivity index (χ1v) is 6.67. The van der Waals surface area contributed by atoms with Gasteiger partial charge in [0, 0.05) is 5.92 Å². The largest absolute Gasteiger partial charge is 0.397 e. The molecule has 2 aromatic carbocycles. The van der Waals surface area contributed by atoms with Crippen LogP contribution < -0.4 is 11.1 Å². The molecule has 1 aliphatic carbocycles. The Hall–Kier alpha value is -2.43. The van der Waals surface area contributed by atoms with Crippen LogP contribution in [-0.4, -0.2) is 5.91 Å². The summed E-state index contributed by atoms with van der Waals surface area (Å²) >= 11 is 0. The molecule has 1 aliphatic rings. The Morgan fingerprint density at radius 2 is 1.86 bits per heavy atom. The number of nitrogens with one attached hydrogen (secondary N) is 1. The number of amides is 1. The summed E-state index contributed by atoms with van der Waals surface area (Å²) in [4.78, 5) is 12.1. The molecule has 3 rings (SSSR count). The summed E-state index contributed by atoms with van der Waals surface area (Å²) in [5, 5.41) is 2.40. The van der Waals surface area contributed by atoms with Crippen LogP contribution in [0.15, 0.2) is 42.5 Å². The maximum Gasteiger partial charge on any atom is 0.228 e. The van der Waals surface area contributed by atoms with Crippen LogP contribution in [0, 0.1) is 17.6 Å². The summed E-state index contributed by atoms with van der Waals surface area (Å²) in [5.41, 5.74) is 6.39. The van der Waals surface area contributed by atoms with Crippen LogP contribution in [0.4, 0.5) is 20.2 Å². The van der Waals surface area contributed by atoms with E-state index in [0.717, 1.165) is 11.6 Å². The van der Waals surface area contributed by atoms with Gasteiger partial charge < -0.3 is 11.1 Å². The number of nitrogens with two attached hydrogens (primary N) is 1. The van der Waals surface area contributed by atoms with Crippen molar-refractivity contribution in [2.75, 3.05) is 11.1 Å². The van der Waals surface area contributed by atoms with Gasteiger partial charge in [-0.1, -0.05) is 30.3 Å². The van der Waals surface area contributed by atoms with Crippen molar-refractivity contribution in [3.8, 4) is 0 Å². The van der Waals surface area contributed by atoms with Crippen molar-refractivity contribution in [3.63, 3.8) is 0 Å². The second-order valence-electron chi connectivity index (χ2n) is 5.17. The van der Waals surface area contributed by atoms with Crippen LogP contribution in [0.2, 0.25) is 0 Å². The number of benzene rings is 2. The minimum absolute atomic E-state index is 0.0131. The minimum Gasteiger partial charge on any atom is -0.397 e. The van der Waals surface area contributed by atoms with Gasteiger partial charge >= 0.3 is 0 Å². The van der Waals surface area contributed by atoms with Gasteiger partial charge in [0.25, 0.3) is 0 Å². The van der Waals surface area contributed by atoms with E-state index in [-0.39, 0.29) is 29.1 Å². The van der Waals surface area contributed by atoms with Crippen molar-refractivity contribution in [1.82, 2.24) is 0 Å². The average Bonchev–Trinajstić information content (AvgIpc) is 3.29. The third-order valence-electron chi connectivity index (χ3n) is 3.73. The predicted molar refractivity (Wildman–Crippen MR) is 76.7 cm³/mol. The molecule has 108 valence electrons. The summed E-state index contributed by atoms with van der Waals surface area (Å²) in [7, 11) is 0. The second-order valence-corrected chi connectivity index (χ2v) is 5.17. The predicted octanol–water partition coefficient (Wildman–Crippen LogP) is 3.29. The summed E-state index contributed by atoms with van der Waals surface area (Å²) < 4.78 is 26.8. The molecule has 3 N–H and O–H groups in total. The molecule has 2 atom stereocenters. The van der Waals surface area contributed by atoms with Crippen LogP contribution in [0.5, 0.6) is 0 Å². The molecule has 0 bridgehead atoms. The highest BCUT2D eigenvalue weighted by molar-refractivity contribution is 5.97. The minimum atomic E-state index is -1.12. The Balaban J connectivity index is 1.73. The van der Waals surface area contributed by atoms with Gasteiger partial charge in [0.15, 0.2) is 11.6 Å². The Kier molecular flexibility index (Phi) is 3.33. The van der Waals surface area contributed by atoms with E-state index >= 15 is 0 Å². The van der Waals surface area contributed by atoms with E-state index in [1.54, 1.807) is 0 Å². The number of nitrogen functional groups attached to an aromatic ring is 1. The number of carbonyl (C=O) groups is 1. The lowest BCUT2D eigenvalue weighted by Crippen LogP contribution is -2.17. The highest BCUT2D eigenvalue weighted by Gasteiger charge is 2.44. The molecule has 0 saturated heterocycles. The zero-order valence-electron chi connectivity index (χ0n) is 11.1. The van der Waals surface area contributed by atoms with Crippen molar-refractivity contribution in [3.05, 3.63) is 59.7 Å². The topological polar surface area (TPSA) is 55.1 Å². The van der Waals surface area contributed by atoms with Gasteiger partial charge in [0.1, 0.15) is 5.69 Å². The third-order valence-corrected chi connectivity index (χ3v) is 3.73. The standard InChI is InChI=1S/C16H14F2N2O/c17-12-6-7-13(19)15(14(12)18)20-16(21)11-8-10(11)9-4-2-1-3-5-9/h1-7,10-11H,8,19H2,(H,20,21). The van der Waals surface area contributed by atoms with E-state index in [0.29, 0.717) is 6.42 Å². The number of rotatable bonds is 3. The van der Waals surface area contributed by atoms with E-state index in [9.17, 15) is 13.6 Å². The molecule has 0 spiro atoms. The molecule has 5 heteroatoms. The molecule has 1 fully saturated rings. The molecule has 0 radical (unpaired) electrons. The highest BCUT2D eigenvalue weighted by atomic mass is 19.2. The van der Waals surface area contributed by atoms with Crippen molar-refractivity contribution in [1.29, 1.82) is 0 Å². The van der Waals surface area contributed by atoms with Crippen LogP contribution in [-0.2, 0) is 4.79 Å². The van der Waals surface area contributed by atoms with Crippen molar-refractivity contribution in [2.45, 2.75) is 12.3 Å². The zero-order valence-corrected chi connectivity index (χ0v) is 11.1. The number of hydrogen-bond donors (Lipinski definition) is 2. The van der Waals surface area contributed by atoms with Crippen molar-refractivity contribution >= 4 is 17.3 Å². The molecular formula is C16H14F2N2O. The first-order chi connectivity index (χ1) is 10.1. The van der Waals surface area contributed by atoms with Gasteiger partial charge in [-0.2, -0.15) is 0 Å². The molecule has 0 aliphatic heterocycles. The Morgan fingerprint density at radius 3 is 2.57 bits per heavy atom. The first kappa shape index (κ1) is 13.5. The first-order valence-electron chi connectivity index (χ1n) is 6.67. The van der Waals surface area contributed by atoms with E-state index in [4.69, 9.17) is 5.73 Å². The summed E-state index contributed by atoms with van der Waals surface area (Å²) in [6.45, 7) is 0. The molecule has 2 unspecified atom stereocenters. The highest BCUT2D eigenvalue weighted by Crippen LogP contribution is 2.48. The smallest absolute Gasteiger partial charge is 0.228 e. The van der Waals surface area contributed by atoms with Gasteiger partial charge in [-0.05, 0) is 30.0 Å². The number of hydrogen-bond acceptors (Lipinski definition) is 2. The quantitative estimate of drug-likeness (QED) is 0.851. The second kappa shape index (κ2) is 5.16. The lowest BCUT2D eigenvalue weighted by Gasteiger charge is -2.09. The average molecular weight is 288 g/mol. The summed E-state index contributed by atoms with van der Waals surface area (Å²) in [6.07, 6.45) is 0.701. The van der Waals surface area contributed by atoms with Crippen LogP contribution >= 0.6 is 0 Å². The normalized spacial score (nSPS) is 20.1. The van der Waals surface area contributed by atoms with E-state index in [2.05, 4.69) is 5.32 Å². The monoisotopic (exact) mass is 288 g/mol. The molecule has 2 aromatic rings. The van der Waals surface area contributed by atoms with E-state index in [1.165, 1.54) is 6.07 Å². The lowest BCUT2D eigenvalue weighted by molar-refractivity contribution is -0.117. The summed E-state index contributed by atoms with van der Waals surface area (Å²) in [6, 6.07) is 11.8. The molecule has 21 heavy (non-hydrogen) atoms. The fourth-order valence-corrected chi connectivity index (χ4v) is 2.46. The Labute approximate surface area is 120 Å². The zero-order chi connectivity index (χ0) is 15.0. The van der Waals surface area contributed by atoms with E-state index < -0.39 is 11.6 Å². The van der Waals surface area contributed by atoms with Gasteiger partial charge in [0.05, 0.1) is 5.69 Å². The van der Waals surface area contributed by atoms with Crippen LogP contribution in [0.3, 0.4) is 0 Å². The maximum absolute atomic E-state index is 13.7. The van der Waals surface area contributed by atoms with Crippen molar-refractivity contribution < 1.29 is 13.6 Å². The maximum atomic E-state index is 13.7. The summed E-state index contributed by atoms with van der Waals surface area (Å²) in [5.74, 6) is -2.59. The van der Waals surface area contributed by atoms with Crippen LogP contribution in [0.1, 0.15) is 17.9 Å². The molecule has 0 aromatic heterocycles. The molecule has 0 heterocycles. The molecular weight excluding hydrogens is 274 g/mol. The fraction of sp³-hybridized carbons (Fsp3) is 0.188. The number of carbonyl (C=O) groups excluding carboxylic acids is 1. The molecule has 1 saturated carbocycles. The van der Waals surface area contributed by atoms with Gasteiger partial charge in [-0.25, -0.2) is 8.78 Å². The number of halogens is 2. The SMILES string of the molecule is Nc1ccc(F)c(F)c1NC(=O)C1CC1c1ccccc1.